The third kappa shape index (κ3) is 7.12. The Labute approximate surface area is 171 Å². The number of hydrogen-bond donors (Lipinski definition) is 2. The highest BCUT2D eigenvalue weighted by Gasteiger charge is 2.31. The third-order valence-electron chi connectivity index (χ3n) is 3.67. The summed E-state index contributed by atoms with van der Waals surface area (Å²) >= 11 is 5.81. The molecule has 0 radical (unpaired) electrons. The van der Waals surface area contributed by atoms with Crippen molar-refractivity contribution >= 4 is 17.6 Å². The second kappa shape index (κ2) is 10.3. The molecule has 0 aliphatic rings. The molecule has 2 aromatic heterocycles. The highest BCUT2D eigenvalue weighted by Crippen LogP contribution is 2.32. The molecule has 0 amide bonds. The van der Waals surface area contributed by atoms with Crippen molar-refractivity contribution < 1.29 is 22.4 Å². The van der Waals surface area contributed by atoms with Crippen molar-refractivity contribution in [3.63, 3.8) is 0 Å². The minimum atomic E-state index is -4.51. The van der Waals surface area contributed by atoms with E-state index < -0.39 is 11.7 Å². The van der Waals surface area contributed by atoms with Crippen molar-refractivity contribution in [1.29, 1.82) is 0 Å². The topological polar surface area (TPSA) is 84.6 Å². The smallest absolute Gasteiger partial charge is 0.417 e. The second-order valence-electron chi connectivity index (χ2n) is 6.35. The summed E-state index contributed by atoms with van der Waals surface area (Å²) in [5.74, 6) is 1.38. The quantitative estimate of drug-likeness (QED) is 0.372. The first-order valence-electron chi connectivity index (χ1n) is 9.04. The van der Waals surface area contributed by atoms with E-state index in [1.807, 2.05) is 26.8 Å². The zero-order valence-electron chi connectivity index (χ0n) is 16.3. The monoisotopic (exact) mass is 433 g/mol. The van der Waals surface area contributed by atoms with Crippen molar-refractivity contribution in [1.82, 2.24) is 20.8 Å². The SMILES string of the molecule is CCNC(=NCc1cc(C(C)C)no1)NCCOc1ncc(C(F)(F)F)cc1Cl. The van der Waals surface area contributed by atoms with Crippen LogP contribution < -0.4 is 15.4 Å². The highest BCUT2D eigenvalue weighted by molar-refractivity contribution is 6.31. The van der Waals surface area contributed by atoms with Crippen LogP contribution in [0.1, 0.15) is 43.7 Å². The van der Waals surface area contributed by atoms with Gasteiger partial charge in [0, 0.05) is 18.8 Å². The number of rotatable bonds is 8. The Hall–Kier alpha value is -2.49. The van der Waals surface area contributed by atoms with E-state index in [4.69, 9.17) is 20.9 Å². The number of nitrogens with zero attached hydrogens (tertiary/aromatic N) is 3. The van der Waals surface area contributed by atoms with Crippen LogP contribution in [0.3, 0.4) is 0 Å². The Bertz CT molecular complexity index is 824. The number of ether oxygens (including phenoxy) is 1. The van der Waals surface area contributed by atoms with Crippen LogP contribution in [0.2, 0.25) is 5.02 Å². The molecule has 7 nitrogen and oxygen atoms in total. The molecule has 0 aromatic carbocycles. The van der Waals surface area contributed by atoms with Crippen LogP contribution in [0.4, 0.5) is 13.2 Å². The van der Waals surface area contributed by atoms with Crippen LogP contribution in [-0.2, 0) is 12.7 Å². The van der Waals surface area contributed by atoms with E-state index in [0.29, 0.717) is 37.6 Å². The number of alkyl halides is 3. The van der Waals surface area contributed by atoms with Crippen LogP contribution in [-0.4, -0.2) is 35.8 Å². The summed E-state index contributed by atoms with van der Waals surface area (Å²) in [6, 6.07) is 2.64. The molecular weight excluding hydrogens is 411 g/mol. The van der Waals surface area contributed by atoms with Gasteiger partial charge >= 0.3 is 6.18 Å². The van der Waals surface area contributed by atoms with Gasteiger partial charge in [-0.1, -0.05) is 30.6 Å². The van der Waals surface area contributed by atoms with Crippen LogP contribution in [0.25, 0.3) is 0 Å². The molecule has 2 N–H and O–H groups in total. The largest absolute Gasteiger partial charge is 0.475 e. The summed E-state index contributed by atoms with van der Waals surface area (Å²) in [4.78, 5) is 8.02. The van der Waals surface area contributed by atoms with Crippen molar-refractivity contribution in [2.45, 2.75) is 39.4 Å². The molecule has 0 fully saturated rings. The van der Waals surface area contributed by atoms with Crippen molar-refractivity contribution in [2.75, 3.05) is 19.7 Å². The molecule has 2 rings (SSSR count). The van der Waals surface area contributed by atoms with Crippen LogP contribution in [0, 0.1) is 0 Å². The molecule has 0 bridgehead atoms. The maximum atomic E-state index is 12.6. The summed E-state index contributed by atoms with van der Waals surface area (Å²) in [6.45, 7) is 7.38. The minimum absolute atomic E-state index is 0.0636. The van der Waals surface area contributed by atoms with Crippen LogP contribution in [0.5, 0.6) is 5.88 Å². The number of aromatic nitrogens is 2. The molecule has 29 heavy (non-hydrogen) atoms. The lowest BCUT2D eigenvalue weighted by Gasteiger charge is -2.12. The van der Waals surface area contributed by atoms with Gasteiger partial charge in [-0.2, -0.15) is 13.2 Å². The first kappa shape index (κ1) is 22.8. The van der Waals surface area contributed by atoms with E-state index in [1.165, 1.54) is 0 Å². The van der Waals surface area contributed by atoms with Gasteiger partial charge in [0.25, 0.3) is 0 Å². The Morgan fingerprint density at radius 2 is 2.07 bits per heavy atom. The van der Waals surface area contributed by atoms with E-state index in [2.05, 4.69) is 25.8 Å². The van der Waals surface area contributed by atoms with E-state index >= 15 is 0 Å². The summed E-state index contributed by atoms with van der Waals surface area (Å²) in [6.07, 6.45) is -3.82. The Morgan fingerprint density at radius 3 is 2.66 bits per heavy atom. The normalized spacial score (nSPS) is 12.3. The van der Waals surface area contributed by atoms with E-state index in [9.17, 15) is 13.2 Å². The molecule has 0 saturated heterocycles. The standard InChI is InChI=1S/C18H23ClF3N5O2/c1-4-23-17(26-10-13-8-15(11(2)3)27-29-13)24-5-6-28-16-14(19)7-12(9-25-16)18(20,21)22/h7-9,11H,4-6,10H2,1-3H3,(H2,23,24,26). The Kier molecular flexibility index (Phi) is 8.12. The summed E-state index contributed by atoms with van der Waals surface area (Å²) in [5.41, 5.74) is -0.0648. The van der Waals surface area contributed by atoms with Crippen molar-refractivity contribution in [3.8, 4) is 5.88 Å². The van der Waals surface area contributed by atoms with Gasteiger partial charge in [0.05, 0.1) is 17.8 Å². The molecule has 160 valence electrons. The molecule has 0 atom stereocenters. The van der Waals surface area contributed by atoms with Crippen LogP contribution in [0.15, 0.2) is 27.8 Å². The predicted molar refractivity (Wildman–Crippen MR) is 103 cm³/mol. The molecule has 0 aliphatic heterocycles. The third-order valence-corrected chi connectivity index (χ3v) is 3.94. The summed E-state index contributed by atoms with van der Waals surface area (Å²) < 4.78 is 48.5. The lowest BCUT2D eigenvalue weighted by molar-refractivity contribution is -0.137. The number of hydrogen-bond acceptors (Lipinski definition) is 5. The fraction of sp³-hybridized carbons (Fsp3) is 0.500. The number of guanidine groups is 1. The molecule has 0 aliphatic carbocycles. The summed E-state index contributed by atoms with van der Waals surface area (Å²) in [5, 5.41) is 9.90. The van der Waals surface area contributed by atoms with Gasteiger partial charge in [-0.15, -0.1) is 0 Å². The van der Waals surface area contributed by atoms with E-state index in [-0.39, 0.29) is 23.4 Å². The van der Waals surface area contributed by atoms with Gasteiger partial charge < -0.3 is 19.9 Å². The van der Waals surface area contributed by atoms with Gasteiger partial charge in [-0.3, -0.25) is 0 Å². The van der Waals surface area contributed by atoms with E-state index in [1.54, 1.807) is 0 Å². The molecule has 2 aromatic rings. The number of pyridine rings is 1. The number of nitrogens with one attached hydrogen (secondary N) is 2. The molecule has 2 heterocycles. The maximum Gasteiger partial charge on any atom is 0.417 e. The van der Waals surface area contributed by atoms with Gasteiger partial charge in [0.2, 0.25) is 5.88 Å². The average Bonchev–Trinajstić information content (AvgIpc) is 3.12. The Balaban J connectivity index is 1.86. The first-order valence-corrected chi connectivity index (χ1v) is 9.41. The number of aliphatic imine (C=N–C) groups is 1. The van der Waals surface area contributed by atoms with E-state index in [0.717, 1.165) is 11.8 Å². The molecule has 0 saturated carbocycles. The fourth-order valence-corrected chi connectivity index (χ4v) is 2.40. The zero-order chi connectivity index (χ0) is 21.4. The Morgan fingerprint density at radius 1 is 1.31 bits per heavy atom. The van der Waals surface area contributed by atoms with Crippen molar-refractivity contribution in [3.05, 3.63) is 40.4 Å². The second-order valence-corrected chi connectivity index (χ2v) is 6.76. The van der Waals surface area contributed by atoms with Gasteiger partial charge in [0.15, 0.2) is 11.7 Å². The lowest BCUT2D eigenvalue weighted by atomic mass is 10.1. The maximum absolute atomic E-state index is 12.6. The average molecular weight is 434 g/mol. The zero-order valence-corrected chi connectivity index (χ0v) is 17.1. The fourth-order valence-electron chi connectivity index (χ4n) is 2.18. The molecule has 0 unspecified atom stereocenters. The lowest BCUT2D eigenvalue weighted by Crippen LogP contribution is -2.39. The van der Waals surface area contributed by atoms with Gasteiger partial charge in [0.1, 0.15) is 18.2 Å². The number of halogens is 4. The highest BCUT2D eigenvalue weighted by atomic mass is 35.5. The van der Waals surface area contributed by atoms with Crippen LogP contribution >= 0.6 is 11.6 Å². The molecular formula is C18H23ClF3N5O2. The van der Waals surface area contributed by atoms with Crippen molar-refractivity contribution in [2.24, 2.45) is 4.99 Å². The summed E-state index contributed by atoms with van der Waals surface area (Å²) in [7, 11) is 0. The molecule has 0 spiro atoms. The minimum Gasteiger partial charge on any atom is -0.475 e. The first-order chi connectivity index (χ1) is 13.7. The van der Waals surface area contributed by atoms with Gasteiger partial charge in [-0.25, -0.2) is 9.98 Å². The molecule has 11 heteroatoms. The van der Waals surface area contributed by atoms with Gasteiger partial charge in [-0.05, 0) is 18.9 Å². The predicted octanol–water partition coefficient (Wildman–Crippen LogP) is 4.00.